The van der Waals surface area contributed by atoms with Gasteiger partial charge in [0.15, 0.2) is 0 Å². The molecule has 1 unspecified atom stereocenters. The molecule has 122 valence electrons. The number of rotatable bonds is 4. The van der Waals surface area contributed by atoms with Crippen LogP contribution in [0.1, 0.15) is 17.5 Å². The van der Waals surface area contributed by atoms with Gasteiger partial charge in [-0.2, -0.15) is 5.10 Å². The van der Waals surface area contributed by atoms with E-state index >= 15 is 0 Å². The second-order valence-electron chi connectivity index (χ2n) is 5.89. The Morgan fingerprint density at radius 3 is 2.58 bits per heavy atom. The third-order valence-electron chi connectivity index (χ3n) is 4.03. The topological polar surface area (TPSA) is 61.8 Å². The van der Waals surface area contributed by atoms with Crippen LogP contribution in [0.25, 0.3) is 0 Å². The van der Waals surface area contributed by atoms with Crippen molar-refractivity contribution in [3.05, 3.63) is 65.7 Å². The van der Waals surface area contributed by atoms with Crippen molar-refractivity contribution in [1.29, 1.82) is 0 Å². The first-order valence-electron chi connectivity index (χ1n) is 7.88. The predicted molar refractivity (Wildman–Crippen MR) is 93.8 cm³/mol. The van der Waals surface area contributed by atoms with Crippen LogP contribution in [0.2, 0.25) is 0 Å². The zero-order valence-corrected chi connectivity index (χ0v) is 13.5. The Hall–Kier alpha value is -2.95. The molecule has 0 aliphatic carbocycles. The molecule has 5 nitrogen and oxygen atoms in total. The van der Waals surface area contributed by atoms with Gasteiger partial charge in [-0.25, -0.2) is 5.43 Å². The minimum Gasteiger partial charge on any atom is -0.312 e. The molecule has 1 N–H and O–H groups in total. The van der Waals surface area contributed by atoms with Gasteiger partial charge in [0.25, 0.3) is 0 Å². The van der Waals surface area contributed by atoms with Crippen LogP contribution in [0, 0.1) is 12.8 Å². The molecule has 2 aromatic rings. The summed E-state index contributed by atoms with van der Waals surface area (Å²) in [5.41, 5.74) is 5.43. The summed E-state index contributed by atoms with van der Waals surface area (Å²) >= 11 is 0. The van der Waals surface area contributed by atoms with Crippen molar-refractivity contribution in [2.75, 3.05) is 11.4 Å². The highest BCUT2D eigenvalue weighted by atomic mass is 16.2. The number of hydrazone groups is 1. The van der Waals surface area contributed by atoms with E-state index in [1.54, 1.807) is 11.1 Å². The average molecular weight is 321 g/mol. The molecule has 0 bridgehead atoms. The first kappa shape index (κ1) is 15.9. The van der Waals surface area contributed by atoms with Gasteiger partial charge in [0.1, 0.15) is 0 Å². The third kappa shape index (κ3) is 3.68. The summed E-state index contributed by atoms with van der Waals surface area (Å²) < 4.78 is 0. The number of para-hydroxylation sites is 1. The number of anilines is 1. The molecular formula is C19H19N3O2. The summed E-state index contributed by atoms with van der Waals surface area (Å²) in [5, 5.41) is 3.98. The highest BCUT2D eigenvalue weighted by molar-refractivity contribution is 6.00. The summed E-state index contributed by atoms with van der Waals surface area (Å²) in [6, 6.07) is 17.2. The van der Waals surface area contributed by atoms with Gasteiger partial charge < -0.3 is 4.90 Å². The highest BCUT2D eigenvalue weighted by Gasteiger charge is 2.34. The number of carbonyl (C=O) groups is 2. The fourth-order valence-electron chi connectivity index (χ4n) is 2.65. The standard InChI is InChI=1S/C19H19N3O2/c1-14-7-9-15(10-8-14)12-20-21-19(24)16-11-18(23)22(13-16)17-5-3-2-4-6-17/h2-10,12,16H,11,13H2,1H3,(H,21,24). The number of aryl methyl sites for hydroxylation is 1. The van der Waals surface area contributed by atoms with Crippen molar-refractivity contribution < 1.29 is 9.59 Å². The van der Waals surface area contributed by atoms with E-state index in [9.17, 15) is 9.59 Å². The Morgan fingerprint density at radius 1 is 1.17 bits per heavy atom. The second kappa shape index (κ2) is 7.08. The van der Waals surface area contributed by atoms with Gasteiger partial charge in [-0.3, -0.25) is 9.59 Å². The van der Waals surface area contributed by atoms with E-state index in [2.05, 4.69) is 10.5 Å². The normalized spacial score (nSPS) is 17.5. The van der Waals surface area contributed by atoms with Crippen LogP contribution in [0.3, 0.4) is 0 Å². The molecule has 0 radical (unpaired) electrons. The Kier molecular flexibility index (Phi) is 4.70. The zero-order chi connectivity index (χ0) is 16.9. The second-order valence-corrected chi connectivity index (χ2v) is 5.89. The Labute approximate surface area is 141 Å². The molecule has 0 saturated carbocycles. The van der Waals surface area contributed by atoms with Crippen LogP contribution in [0.4, 0.5) is 5.69 Å². The lowest BCUT2D eigenvalue weighted by molar-refractivity contribution is -0.126. The van der Waals surface area contributed by atoms with Crippen LogP contribution in [0.15, 0.2) is 59.7 Å². The number of amides is 2. The maximum absolute atomic E-state index is 12.2. The quantitative estimate of drug-likeness (QED) is 0.695. The Morgan fingerprint density at radius 2 is 1.88 bits per heavy atom. The molecular weight excluding hydrogens is 302 g/mol. The van der Waals surface area contributed by atoms with Crippen molar-refractivity contribution in [2.24, 2.45) is 11.0 Å². The molecule has 1 aliphatic rings. The molecule has 24 heavy (non-hydrogen) atoms. The molecule has 1 aliphatic heterocycles. The summed E-state index contributed by atoms with van der Waals surface area (Å²) in [7, 11) is 0. The maximum Gasteiger partial charge on any atom is 0.245 e. The molecule has 5 heteroatoms. The van der Waals surface area contributed by atoms with Crippen molar-refractivity contribution in [3.63, 3.8) is 0 Å². The van der Waals surface area contributed by atoms with Crippen molar-refractivity contribution >= 4 is 23.7 Å². The van der Waals surface area contributed by atoms with Crippen molar-refractivity contribution in [2.45, 2.75) is 13.3 Å². The monoisotopic (exact) mass is 321 g/mol. The number of benzene rings is 2. The zero-order valence-electron chi connectivity index (χ0n) is 13.5. The lowest BCUT2D eigenvalue weighted by Gasteiger charge is -2.16. The van der Waals surface area contributed by atoms with Gasteiger partial charge in [-0.05, 0) is 24.6 Å². The summed E-state index contributed by atoms with van der Waals surface area (Å²) in [5.74, 6) is -0.651. The fraction of sp³-hybridized carbons (Fsp3) is 0.211. The summed E-state index contributed by atoms with van der Waals surface area (Å²) in [6.07, 6.45) is 1.81. The van der Waals surface area contributed by atoms with E-state index in [-0.39, 0.29) is 24.2 Å². The van der Waals surface area contributed by atoms with Crippen LogP contribution in [-0.4, -0.2) is 24.6 Å². The van der Waals surface area contributed by atoms with E-state index in [1.807, 2.05) is 61.5 Å². The third-order valence-corrected chi connectivity index (χ3v) is 4.03. The minimum absolute atomic E-state index is 0.0381. The van der Waals surface area contributed by atoms with E-state index in [0.29, 0.717) is 6.54 Å². The highest BCUT2D eigenvalue weighted by Crippen LogP contribution is 2.24. The molecule has 1 atom stereocenters. The average Bonchev–Trinajstić information content (AvgIpc) is 2.99. The van der Waals surface area contributed by atoms with Crippen LogP contribution in [0.5, 0.6) is 0 Å². The molecule has 0 spiro atoms. The Balaban J connectivity index is 1.58. The molecule has 2 amide bonds. The summed E-state index contributed by atoms with van der Waals surface area (Å²) in [6.45, 7) is 2.40. The van der Waals surface area contributed by atoms with Crippen LogP contribution in [-0.2, 0) is 9.59 Å². The van der Waals surface area contributed by atoms with Crippen LogP contribution >= 0.6 is 0 Å². The minimum atomic E-state index is -0.382. The van der Waals surface area contributed by atoms with Gasteiger partial charge in [-0.15, -0.1) is 0 Å². The largest absolute Gasteiger partial charge is 0.312 e. The van der Waals surface area contributed by atoms with Crippen molar-refractivity contribution in [3.8, 4) is 0 Å². The lowest BCUT2D eigenvalue weighted by Crippen LogP contribution is -2.30. The molecule has 1 saturated heterocycles. The van der Waals surface area contributed by atoms with Crippen LogP contribution < -0.4 is 10.3 Å². The molecule has 1 heterocycles. The summed E-state index contributed by atoms with van der Waals surface area (Å²) in [4.78, 5) is 26.0. The molecule has 2 aromatic carbocycles. The van der Waals surface area contributed by atoms with E-state index in [0.717, 1.165) is 11.3 Å². The van der Waals surface area contributed by atoms with Gasteiger partial charge >= 0.3 is 0 Å². The number of hydrogen-bond acceptors (Lipinski definition) is 3. The van der Waals surface area contributed by atoms with Gasteiger partial charge in [-0.1, -0.05) is 48.0 Å². The van der Waals surface area contributed by atoms with Crippen molar-refractivity contribution in [1.82, 2.24) is 5.43 Å². The SMILES string of the molecule is Cc1ccc(C=NNC(=O)C2CC(=O)N(c3ccccc3)C2)cc1. The van der Waals surface area contributed by atoms with E-state index in [1.165, 1.54) is 5.56 Å². The molecule has 0 aromatic heterocycles. The Bertz CT molecular complexity index is 754. The predicted octanol–water partition coefficient (Wildman–Crippen LogP) is 2.50. The molecule has 1 fully saturated rings. The number of hydrogen-bond donors (Lipinski definition) is 1. The smallest absolute Gasteiger partial charge is 0.245 e. The van der Waals surface area contributed by atoms with Gasteiger partial charge in [0.05, 0.1) is 12.1 Å². The number of nitrogens with one attached hydrogen (secondary N) is 1. The van der Waals surface area contributed by atoms with E-state index in [4.69, 9.17) is 0 Å². The van der Waals surface area contributed by atoms with Gasteiger partial charge in [0.2, 0.25) is 11.8 Å². The van der Waals surface area contributed by atoms with Gasteiger partial charge in [0, 0.05) is 18.7 Å². The number of carbonyl (C=O) groups excluding carboxylic acids is 2. The fourth-order valence-corrected chi connectivity index (χ4v) is 2.65. The number of nitrogens with zero attached hydrogens (tertiary/aromatic N) is 2. The first-order chi connectivity index (χ1) is 11.6. The molecule has 3 rings (SSSR count). The first-order valence-corrected chi connectivity index (χ1v) is 7.88. The lowest BCUT2D eigenvalue weighted by atomic mass is 10.1. The van der Waals surface area contributed by atoms with E-state index < -0.39 is 0 Å². The maximum atomic E-state index is 12.2.